The van der Waals surface area contributed by atoms with Crippen LogP contribution in [-0.2, 0) is 0 Å². The molecule has 0 radical (unpaired) electrons. The third-order valence-corrected chi connectivity index (χ3v) is 4.97. The summed E-state index contributed by atoms with van der Waals surface area (Å²) in [6.07, 6.45) is 6.17. The lowest BCUT2D eigenvalue weighted by atomic mass is 9.98. The number of benzene rings is 1. The maximum atomic E-state index is 12.5. The highest BCUT2D eigenvalue weighted by molar-refractivity contribution is 8.00. The van der Waals surface area contributed by atoms with Crippen LogP contribution in [-0.4, -0.2) is 36.6 Å². The van der Waals surface area contributed by atoms with Crippen LogP contribution < -0.4 is 5.32 Å². The van der Waals surface area contributed by atoms with Gasteiger partial charge in [-0.15, -0.1) is 6.58 Å². The van der Waals surface area contributed by atoms with Crippen molar-refractivity contribution in [3.63, 3.8) is 0 Å². The fourth-order valence-electron chi connectivity index (χ4n) is 3.07. The minimum absolute atomic E-state index is 0.0535. The first-order chi connectivity index (χ1) is 11.5. The summed E-state index contributed by atoms with van der Waals surface area (Å²) in [5, 5.41) is 3.35. The lowest BCUT2D eigenvalue weighted by Crippen LogP contribution is -2.45. The predicted octanol–water partition coefficient (Wildman–Crippen LogP) is 4.99. The van der Waals surface area contributed by atoms with Gasteiger partial charge >= 0.3 is 5.51 Å². The first kappa shape index (κ1) is 19.3. The van der Waals surface area contributed by atoms with Crippen molar-refractivity contribution >= 4 is 11.8 Å². The minimum Gasteiger partial charge on any atom is -0.314 e. The number of nitrogens with zero attached hydrogens (tertiary/aromatic N) is 1. The minimum atomic E-state index is -4.23. The summed E-state index contributed by atoms with van der Waals surface area (Å²) >= 11 is -0.0535. The first-order valence-electron chi connectivity index (χ1n) is 8.41. The second-order valence-corrected chi connectivity index (χ2v) is 7.13. The Hall–Kier alpha value is -0.980. The molecule has 1 heterocycles. The Morgan fingerprint density at radius 3 is 2.42 bits per heavy atom. The lowest BCUT2D eigenvalue weighted by Gasteiger charge is -2.35. The monoisotopic (exact) mass is 358 g/mol. The summed E-state index contributed by atoms with van der Waals surface area (Å²) < 4.78 is 37.4. The molecule has 0 amide bonds. The van der Waals surface area contributed by atoms with Gasteiger partial charge < -0.3 is 5.32 Å². The number of nitrogens with one attached hydrogen (secondary N) is 1. The predicted molar refractivity (Wildman–Crippen MR) is 94.2 cm³/mol. The molecule has 1 N–H and O–H groups in total. The van der Waals surface area contributed by atoms with E-state index in [1.807, 2.05) is 18.2 Å². The molecule has 0 spiro atoms. The molecule has 134 valence electrons. The van der Waals surface area contributed by atoms with Gasteiger partial charge in [0, 0.05) is 37.1 Å². The van der Waals surface area contributed by atoms with Gasteiger partial charge in [-0.25, -0.2) is 0 Å². The van der Waals surface area contributed by atoms with Gasteiger partial charge in [0.1, 0.15) is 0 Å². The van der Waals surface area contributed by atoms with Gasteiger partial charge in [0.15, 0.2) is 0 Å². The van der Waals surface area contributed by atoms with Crippen LogP contribution in [0, 0.1) is 0 Å². The number of unbranched alkanes of at least 4 members (excludes halogenated alkanes) is 2. The lowest BCUT2D eigenvalue weighted by molar-refractivity contribution is -0.0328. The standard InChI is InChI=1S/C18H25F3N2S/c1-2-3-4-5-6-17(23-13-11-22-12-14-23)15-7-9-16(10-8-15)24-18(19,20)21/h2,7-10,17,22H,1,3-6,11-14H2/t17-/m0/s1. The number of piperazine rings is 1. The second-order valence-electron chi connectivity index (χ2n) is 5.99. The van der Waals surface area contributed by atoms with Crippen LogP contribution in [0.2, 0.25) is 0 Å². The number of alkyl halides is 3. The van der Waals surface area contributed by atoms with Crippen molar-refractivity contribution in [3.05, 3.63) is 42.5 Å². The summed E-state index contributed by atoms with van der Waals surface area (Å²) in [5.74, 6) is 0. The second kappa shape index (κ2) is 9.49. The smallest absolute Gasteiger partial charge is 0.314 e. The van der Waals surface area contributed by atoms with E-state index in [-0.39, 0.29) is 22.7 Å². The van der Waals surface area contributed by atoms with Crippen LogP contribution in [0.25, 0.3) is 0 Å². The summed E-state index contributed by atoms with van der Waals surface area (Å²) in [6, 6.07) is 7.17. The maximum absolute atomic E-state index is 12.5. The van der Waals surface area contributed by atoms with Crippen molar-refractivity contribution in [3.8, 4) is 0 Å². The van der Waals surface area contributed by atoms with E-state index >= 15 is 0 Å². The van der Waals surface area contributed by atoms with Crippen LogP contribution in [0.4, 0.5) is 13.2 Å². The number of thioether (sulfide) groups is 1. The fourth-order valence-corrected chi connectivity index (χ4v) is 3.61. The Bertz CT molecular complexity index is 496. The van der Waals surface area contributed by atoms with Gasteiger partial charge in [0.05, 0.1) is 0 Å². The van der Waals surface area contributed by atoms with E-state index in [1.165, 1.54) is 0 Å². The number of allylic oxidation sites excluding steroid dienone is 1. The molecule has 1 aliphatic heterocycles. The molecule has 1 aliphatic rings. The molecule has 1 aromatic carbocycles. The van der Waals surface area contributed by atoms with Gasteiger partial charge in [-0.05, 0) is 48.7 Å². The van der Waals surface area contributed by atoms with Crippen LogP contribution in [0.1, 0.15) is 37.3 Å². The summed E-state index contributed by atoms with van der Waals surface area (Å²) in [7, 11) is 0. The zero-order valence-electron chi connectivity index (χ0n) is 13.8. The molecule has 0 aromatic heterocycles. The largest absolute Gasteiger partial charge is 0.446 e. The maximum Gasteiger partial charge on any atom is 0.446 e. The highest BCUT2D eigenvalue weighted by atomic mass is 32.2. The number of halogens is 3. The van der Waals surface area contributed by atoms with Crippen LogP contribution in [0.15, 0.2) is 41.8 Å². The van der Waals surface area contributed by atoms with Crippen molar-refractivity contribution in [2.24, 2.45) is 0 Å². The molecule has 0 aliphatic carbocycles. The zero-order valence-corrected chi connectivity index (χ0v) is 14.6. The van der Waals surface area contributed by atoms with E-state index in [0.29, 0.717) is 0 Å². The van der Waals surface area contributed by atoms with E-state index in [4.69, 9.17) is 0 Å². The summed E-state index contributed by atoms with van der Waals surface area (Å²) in [6.45, 7) is 7.63. The average Bonchev–Trinajstić information content (AvgIpc) is 2.55. The molecule has 1 aromatic rings. The van der Waals surface area contributed by atoms with Gasteiger partial charge in [0.25, 0.3) is 0 Å². The van der Waals surface area contributed by atoms with Crippen LogP contribution >= 0.6 is 11.8 Å². The quantitative estimate of drug-likeness (QED) is 0.400. The van der Waals surface area contributed by atoms with Crippen molar-refractivity contribution in [2.75, 3.05) is 26.2 Å². The van der Waals surface area contributed by atoms with Gasteiger partial charge in [-0.3, -0.25) is 4.90 Å². The molecule has 1 atom stereocenters. The molecular weight excluding hydrogens is 333 g/mol. The molecule has 0 saturated carbocycles. The third-order valence-electron chi connectivity index (χ3n) is 4.23. The molecule has 0 unspecified atom stereocenters. The molecule has 2 rings (SSSR count). The van der Waals surface area contributed by atoms with Crippen molar-refractivity contribution in [1.82, 2.24) is 10.2 Å². The van der Waals surface area contributed by atoms with E-state index in [9.17, 15) is 13.2 Å². The van der Waals surface area contributed by atoms with Gasteiger partial charge in [-0.2, -0.15) is 13.2 Å². The number of hydrogen-bond acceptors (Lipinski definition) is 3. The van der Waals surface area contributed by atoms with E-state index < -0.39 is 5.51 Å². The highest BCUT2D eigenvalue weighted by Gasteiger charge is 2.29. The van der Waals surface area contributed by atoms with E-state index in [0.717, 1.165) is 57.4 Å². The molecule has 24 heavy (non-hydrogen) atoms. The van der Waals surface area contributed by atoms with Gasteiger partial charge in [0.2, 0.25) is 0 Å². The van der Waals surface area contributed by atoms with Crippen molar-refractivity contribution in [2.45, 2.75) is 42.1 Å². The third kappa shape index (κ3) is 6.49. The van der Waals surface area contributed by atoms with Crippen LogP contribution in [0.3, 0.4) is 0 Å². The summed E-state index contributed by atoms with van der Waals surface area (Å²) in [5.41, 5.74) is -3.12. The molecule has 1 fully saturated rings. The SMILES string of the molecule is C=CCCCC[C@@H](c1ccc(SC(F)(F)F)cc1)N1CCNCC1. The Labute approximate surface area is 146 Å². The highest BCUT2D eigenvalue weighted by Crippen LogP contribution is 2.37. The fraction of sp³-hybridized carbons (Fsp3) is 0.556. The Morgan fingerprint density at radius 1 is 1.17 bits per heavy atom. The molecular formula is C18H25F3N2S. The Balaban J connectivity index is 2.05. The van der Waals surface area contributed by atoms with Gasteiger partial charge in [-0.1, -0.05) is 24.6 Å². The topological polar surface area (TPSA) is 15.3 Å². The van der Waals surface area contributed by atoms with Crippen LogP contribution in [0.5, 0.6) is 0 Å². The average molecular weight is 358 g/mol. The number of hydrogen-bond donors (Lipinski definition) is 1. The molecule has 6 heteroatoms. The molecule has 0 bridgehead atoms. The van der Waals surface area contributed by atoms with Crippen molar-refractivity contribution < 1.29 is 13.2 Å². The Morgan fingerprint density at radius 2 is 1.83 bits per heavy atom. The Kier molecular flexibility index (Phi) is 7.65. The first-order valence-corrected chi connectivity index (χ1v) is 9.22. The van der Waals surface area contributed by atoms with E-state index in [1.54, 1.807) is 12.1 Å². The van der Waals surface area contributed by atoms with E-state index in [2.05, 4.69) is 16.8 Å². The number of rotatable bonds is 8. The molecule has 2 nitrogen and oxygen atoms in total. The summed E-state index contributed by atoms with van der Waals surface area (Å²) in [4.78, 5) is 2.69. The zero-order chi connectivity index (χ0) is 17.4. The normalized spacial score (nSPS) is 17.6. The van der Waals surface area contributed by atoms with Crippen molar-refractivity contribution in [1.29, 1.82) is 0 Å². The molecule has 1 saturated heterocycles.